The number of nitrogens with one attached hydrogen (secondary N) is 1. The molecule has 3 rings (SSSR count). The van der Waals surface area contributed by atoms with Gasteiger partial charge in [-0.1, -0.05) is 41.0 Å². The third-order valence-electron chi connectivity index (χ3n) is 4.36. The predicted molar refractivity (Wildman–Crippen MR) is 124 cm³/mol. The molecule has 0 spiro atoms. The number of aliphatic carboxylic acids is 1. The van der Waals surface area contributed by atoms with Crippen molar-refractivity contribution in [2.75, 3.05) is 32.0 Å². The van der Waals surface area contributed by atoms with E-state index in [4.69, 9.17) is 33.0 Å². The largest absolute Gasteiger partial charge is 0.478 e. The number of hydrogen-bond acceptors (Lipinski definition) is 7. The number of rotatable bonds is 9. The molecule has 1 atom stereocenters. The van der Waals surface area contributed by atoms with E-state index >= 15 is 0 Å². The van der Waals surface area contributed by atoms with Crippen LogP contribution in [0.1, 0.15) is 11.3 Å². The van der Waals surface area contributed by atoms with Crippen LogP contribution in [0.4, 0.5) is 0 Å². The Kier molecular flexibility index (Phi) is 9.18. The van der Waals surface area contributed by atoms with Crippen LogP contribution in [0.15, 0.2) is 34.0 Å². The summed E-state index contributed by atoms with van der Waals surface area (Å²) in [6.07, 6.45) is 2.37. The first-order valence-electron chi connectivity index (χ1n) is 9.43. The quantitative estimate of drug-likeness (QED) is 0.400. The van der Waals surface area contributed by atoms with Gasteiger partial charge in [-0.05, 0) is 23.8 Å². The molecule has 0 unspecified atom stereocenters. The van der Waals surface area contributed by atoms with Gasteiger partial charge in [0.25, 0.3) is 0 Å². The number of thioether (sulfide) groups is 1. The predicted octanol–water partition coefficient (Wildman–Crippen LogP) is 3.66. The second-order valence-corrected chi connectivity index (χ2v) is 9.67. The fourth-order valence-corrected chi connectivity index (χ4v) is 4.87. The van der Waals surface area contributed by atoms with Gasteiger partial charge in [-0.3, -0.25) is 9.69 Å². The zero-order chi connectivity index (χ0) is 22.2. The van der Waals surface area contributed by atoms with Crippen molar-refractivity contribution in [1.82, 2.24) is 15.2 Å². The summed E-state index contributed by atoms with van der Waals surface area (Å²) in [5.74, 6) is -0.898. The Morgan fingerprint density at radius 3 is 3.00 bits per heavy atom. The van der Waals surface area contributed by atoms with Crippen molar-refractivity contribution < 1.29 is 19.4 Å². The Morgan fingerprint density at radius 1 is 1.39 bits per heavy atom. The Labute approximate surface area is 198 Å². The topological polar surface area (TPSA) is 91.8 Å². The molecule has 1 aliphatic rings. The summed E-state index contributed by atoms with van der Waals surface area (Å²) >= 11 is 14.8. The summed E-state index contributed by atoms with van der Waals surface area (Å²) in [6.45, 7) is 3.29. The molecule has 1 aliphatic heterocycles. The van der Waals surface area contributed by atoms with Crippen molar-refractivity contribution in [2.45, 2.75) is 17.0 Å². The van der Waals surface area contributed by atoms with Crippen molar-refractivity contribution >= 4 is 64.3 Å². The normalized spacial score (nSPS) is 17.2. The zero-order valence-electron chi connectivity index (χ0n) is 16.4. The van der Waals surface area contributed by atoms with Crippen molar-refractivity contribution in [2.24, 2.45) is 0 Å². The van der Waals surface area contributed by atoms with Crippen LogP contribution in [0.2, 0.25) is 10.0 Å². The highest BCUT2D eigenvalue weighted by Gasteiger charge is 2.21. The van der Waals surface area contributed by atoms with Gasteiger partial charge in [0.05, 0.1) is 34.2 Å². The van der Waals surface area contributed by atoms with Crippen molar-refractivity contribution in [3.63, 3.8) is 0 Å². The number of benzene rings is 1. The summed E-state index contributed by atoms with van der Waals surface area (Å²) in [5, 5.41) is 14.4. The molecule has 1 fully saturated rings. The van der Waals surface area contributed by atoms with Crippen molar-refractivity contribution in [3.8, 4) is 0 Å². The Bertz CT molecular complexity index is 954. The van der Waals surface area contributed by atoms with E-state index in [0.29, 0.717) is 39.8 Å². The van der Waals surface area contributed by atoms with Gasteiger partial charge in [-0.2, -0.15) is 0 Å². The van der Waals surface area contributed by atoms with Gasteiger partial charge in [0.2, 0.25) is 5.91 Å². The molecule has 0 radical (unpaired) electrons. The fourth-order valence-electron chi connectivity index (χ4n) is 2.92. The number of thiazole rings is 1. The maximum absolute atomic E-state index is 12.2. The average Bonchev–Trinajstić information content (AvgIpc) is 3.20. The SMILES string of the molecule is O=C(O)/C=C/c1csc(SCC(=O)NC[C@H]2CN(Cc3ccc(Cl)c(Cl)c3)CCO2)n1. The van der Waals surface area contributed by atoms with E-state index in [9.17, 15) is 9.59 Å². The zero-order valence-corrected chi connectivity index (χ0v) is 19.6. The number of aromatic nitrogens is 1. The first kappa shape index (κ1) is 24.0. The van der Waals surface area contributed by atoms with E-state index < -0.39 is 5.97 Å². The van der Waals surface area contributed by atoms with Gasteiger partial charge in [-0.15, -0.1) is 11.3 Å². The molecule has 0 saturated carbocycles. The number of hydrogen-bond donors (Lipinski definition) is 2. The average molecular weight is 502 g/mol. The summed E-state index contributed by atoms with van der Waals surface area (Å²) in [7, 11) is 0. The van der Waals surface area contributed by atoms with Crippen molar-refractivity contribution in [3.05, 3.63) is 51.0 Å². The van der Waals surface area contributed by atoms with Crippen LogP contribution in [0, 0.1) is 0 Å². The molecule has 2 aromatic rings. The number of halogens is 2. The molecule has 31 heavy (non-hydrogen) atoms. The second kappa shape index (κ2) is 11.8. The third kappa shape index (κ3) is 8.10. The number of morpholine rings is 1. The molecule has 1 aromatic heterocycles. The van der Waals surface area contributed by atoms with Gasteiger partial charge < -0.3 is 15.2 Å². The number of nitrogens with zero attached hydrogens (tertiary/aromatic N) is 2. The lowest BCUT2D eigenvalue weighted by Crippen LogP contribution is -2.47. The van der Waals surface area contributed by atoms with Crippen LogP contribution in [0.3, 0.4) is 0 Å². The van der Waals surface area contributed by atoms with E-state index in [-0.39, 0.29) is 17.8 Å². The summed E-state index contributed by atoms with van der Waals surface area (Å²) < 4.78 is 6.49. The van der Waals surface area contributed by atoms with Crippen LogP contribution in [0.5, 0.6) is 0 Å². The lowest BCUT2D eigenvalue weighted by molar-refractivity contribution is -0.131. The molecule has 7 nitrogen and oxygen atoms in total. The minimum Gasteiger partial charge on any atom is -0.478 e. The van der Waals surface area contributed by atoms with E-state index in [0.717, 1.165) is 24.7 Å². The molecule has 11 heteroatoms. The molecule has 0 aliphatic carbocycles. The third-order valence-corrected chi connectivity index (χ3v) is 7.14. The lowest BCUT2D eigenvalue weighted by atomic mass is 10.2. The highest BCUT2D eigenvalue weighted by Crippen LogP contribution is 2.24. The van der Waals surface area contributed by atoms with E-state index in [1.54, 1.807) is 11.4 Å². The van der Waals surface area contributed by atoms with Crippen LogP contribution >= 0.6 is 46.3 Å². The molecular formula is C20H21Cl2N3O4S2. The van der Waals surface area contributed by atoms with Crippen LogP contribution in [-0.4, -0.2) is 65.0 Å². The highest BCUT2D eigenvalue weighted by atomic mass is 35.5. The number of carboxylic acid groups (broad SMARTS) is 1. The summed E-state index contributed by atoms with van der Waals surface area (Å²) in [5.41, 5.74) is 1.64. The molecule has 1 saturated heterocycles. The van der Waals surface area contributed by atoms with Crippen LogP contribution in [-0.2, 0) is 20.9 Å². The standard InChI is InChI=1S/C20H21Cl2N3O4S2/c21-16-3-1-13(7-17(16)22)9-25-5-6-29-15(10-25)8-23-18(26)12-31-20-24-14(11-30-20)2-4-19(27)28/h1-4,7,11,15H,5-6,8-10,12H2,(H,23,26)(H,27,28)/b4-2+/t15-/m0/s1. The number of carbonyl (C=O) groups is 2. The van der Waals surface area contributed by atoms with Crippen molar-refractivity contribution in [1.29, 1.82) is 0 Å². The first-order chi connectivity index (χ1) is 14.9. The van der Waals surface area contributed by atoms with Gasteiger partial charge in [0.1, 0.15) is 0 Å². The maximum Gasteiger partial charge on any atom is 0.328 e. The smallest absolute Gasteiger partial charge is 0.328 e. The summed E-state index contributed by atoms with van der Waals surface area (Å²) in [6, 6.07) is 5.62. The molecule has 2 heterocycles. The van der Waals surface area contributed by atoms with Gasteiger partial charge in [-0.25, -0.2) is 9.78 Å². The summed E-state index contributed by atoms with van der Waals surface area (Å²) in [4.78, 5) is 29.2. The number of carbonyl (C=O) groups excluding carboxylic acids is 1. The Balaban J connectivity index is 1.39. The lowest BCUT2D eigenvalue weighted by Gasteiger charge is -2.33. The highest BCUT2D eigenvalue weighted by molar-refractivity contribution is 8.01. The monoisotopic (exact) mass is 501 g/mol. The molecule has 2 N–H and O–H groups in total. The van der Waals surface area contributed by atoms with Crippen LogP contribution in [0.25, 0.3) is 6.08 Å². The fraction of sp³-hybridized carbons (Fsp3) is 0.350. The molecule has 1 aromatic carbocycles. The van der Waals surface area contributed by atoms with E-state index in [1.807, 2.05) is 12.1 Å². The maximum atomic E-state index is 12.2. The number of amides is 1. The molecule has 1 amide bonds. The Morgan fingerprint density at radius 2 is 2.23 bits per heavy atom. The molecular weight excluding hydrogens is 481 g/mol. The van der Waals surface area contributed by atoms with Crippen LogP contribution < -0.4 is 5.32 Å². The van der Waals surface area contributed by atoms with Gasteiger partial charge in [0.15, 0.2) is 4.34 Å². The van der Waals surface area contributed by atoms with Gasteiger partial charge in [0, 0.05) is 37.6 Å². The number of ether oxygens (including phenoxy) is 1. The molecule has 0 bridgehead atoms. The first-order valence-corrected chi connectivity index (χ1v) is 12.0. The minimum absolute atomic E-state index is 0.0851. The van der Waals surface area contributed by atoms with Gasteiger partial charge >= 0.3 is 5.97 Å². The Hall–Kier alpha value is -1.62. The molecule has 166 valence electrons. The second-order valence-electron chi connectivity index (χ2n) is 6.78. The number of carboxylic acids is 1. The minimum atomic E-state index is -1.03. The van der Waals surface area contributed by atoms with E-state index in [2.05, 4.69) is 15.2 Å². The van der Waals surface area contributed by atoms with E-state index in [1.165, 1.54) is 29.2 Å².